The van der Waals surface area contributed by atoms with Crippen LogP contribution in [0.3, 0.4) is 0 Å². The van der Waals surface area contributed by atoms with E-state index in [1.54, 1.807) is 0 Å². The molecule has 100 valence electrons. The number of benzene rings is 2. The van der Waals surface area contributed by atoms with Crippen LogP contribution < -0.4 is 4.74 Å². The molecule has 19 heavy (non-hydrogen) atoms. The number of ether oxygens (including phenoxy) is 1. The molecular formula is C16H17ClO2. The number of aliphatic hydroxyl groups excluding tert-OH is 1. The van der Waals surface area contributed by atoms with Gasteiger partial charge in [0.05, 0.1) is 11.1 Å². The third kappa shape index (κ3) is 3.28. The van der Waals surface area contributed by atoms with Gasteiger partial charge in [-0.05, 0) is 37.1 Å². The molecule has 0 aliphatic rings. The summed E-state index contributed by atoms with van der Waals surface area (Å²) in [5.74, 6) is 1.24. The van der Waals surface area contributed by atoms with Crippen molar-refractivity contribution in [2.45, 2.75) is 26.4 Å². The summed E-state index contributed by atoms with van der Waals surface area (Å²) in [7, 11) is 0. The molecule has 0 fully saturated rings. The summed E-state index contributed by atoms with van der Waals surface area (Å²) in [6, 6.07) is 13.1. The Morgan fingerprint density at radius 3 is 2.58 bits per heavy atom. The Kier molecular flexibility index (Phi) is 4.46. The summed E-state index contributed by atoms with van der Waals surface area (Å²) in [6.07, 6.45) is 0.113. The lowest BCUT2D eigenvalue weighted by Crippen LogP contribution is -1.98. The number of aliphatic hydroxyl groups is 1. The first kappa shape index (κ1) is 13.9. The third-order valence-corrected chi connectivity index (χ3v) is 3.27. The SMILES string of the molecule is CCC(O)c1ccccc1Oc1ccc(C)cc1Cl. The van der Waals surface area contributed by atoms with Crippen molar-refractivity contribution in [2.75, 3.05) is 0 Å². The quantitative estimate of drug-likeness (QED) is 0.862. The molecule has 2 aromatic carbocycles. The second kappa shape index (κ2) is 6.09. The molecule has 0 aliphatic heterocycles. The third-order valence-electron chi connectivity index (χ3n) is 2.97. The maximum absolute atomic E-state index is 9.99. The molecule has 0 saturated heterocycles. The minimum absolute atomic E-state index is 0.527. The van der Waals surface area contributed by atoms with Gasteiger partial charge in [-0.2, -0.15) is 0 Å². The van der Waals surface area contributed by atoms with Crippen LogP contribution in [0.1, 0.15) is 30.6 Å². The Morgan fingerprint density at radius 1 is 1.16 bits per heavy atom. The molecule has 0 aliphatic carbocycles. The van der Waals surface area contributed by atoms with Crippen molar-refractivity contribution in [3.05, 3.63) is 58.6 Å². The summed E-state index contributed by atoms with van der Waals surface area (Å²) in [5.41, 5.74) is 1.86. The summed E-state index contributed by atoms with van der Waals surface area (Å²) in [5, 5.41) is 10.6. The van der Waals surface area contributed by atoms with Gasteiger partial charge in [-0.1, -0.05) is 42.8 Å². The van der Waals surface area contributed by atoms with Crippen molar-refractivity contribution in [2.24, 2.45) is 0 Å². The van der Waals surface area contributed by atoms with E-state index in [0.717, 1.165) is 11.1 Å². The fraction of sp³-hybridized carbons (Fsp3) is 0.250. The Balaban J connectivity index is 2.33. The second-order valence-corrected chi connectivity index (χ2v) is 4.91. The number of hydrogen-bond donors (Lipinski definition) is 1. The maximum Gasteiger partial charge on any atom is 0.146 e. The molecule has 3 heteroatoms. The van der Waals surface area contributed by atoms with Crippen LogP contribution in [-0.4, -0.2) is 5.11 Å². The molecule has 1 unspecified atom stereocenters. The van der Waals surface area contributed by atoms with Gasteiger partial charge in [0.15, 0.2) is 0 Å². The van der Waals surface area contributed by atoms with E-state index in [1.807, 2.05) is 56.3 Å². The monoisotopic (exact) mass is 276 g/mol. The molecule has 0 amide bonds. The first-order chi connectivity index (χ1) is 9.11. The van der Waals surface area contributed by atoms with Gasteiger partial charge in [0.25, 0.3) is 0 Å². The highest BCUT2D eigenvalue weighted by Crippen LogP contribution is 2.34. The molecule has 0 heterocycles. The zero-order valence-electron chi connectivity index (χ0n) is 11.1. The molecule has 0 saturated carbocycles. The van der Waals surface area contributed by atoms with Crippen molar-refractivity contribution >= 4 is 11.6 Å². The highest BCUT2D eigenvalue weighted by Gasteiger charge is 2.12. The van der Waals surface area contributed by atoms with Crippen molar-refractivity contribution < 1.29 is 9.84 Å². The van der Waals surface area contributed by atoms with Crippen LogP contribution in [0.4, 0.5) is 0 Å². The Bertz CT molecular complexity index is 566. The zero-order valence-corrected chi connectivity index (χ0v) is 11.8. The van der Waals surface area contributed by atoms with Crippen LogP contribution in [0.15, 0.2) is 42.5 Å². The minimum atomic E-state index is -0.527. The number of aryl methyl sites for hydroxylation is 1. The fourth-order valence-electron chi connectivity index (χ4n) is 1.88. The van der Waals surface area contributed by atoms with Gasteiger partial charge in [0.2, 0.25) is 0 Å². The van der Waals surface area contributed by atoms with Gasteiger partial charge in [-0.15, -0.1) is 0 Å². The summed E-state index contributed by atoms with van der Waals surface area (Å²) >= 11 is 6.16. The number of hydrogen-bond acceptors (Lipinski definition) is 2. The predicted octanol–water partition coefficient (Wildman–Crippen LogP) is 4.88. The first-order valence-corrected chi connectivity index (χ1v) is 6.70. The van der Waals surface area contributed by atoms with E-state index in [9.17, 15) is 5.11 Å². The minimum Gasteiger partial charge on any atom is -0.455 e. The lowest BCUT2D eigenvalue weighted by atomic mass is 10.1. The van der Waals surface area contributed by atoms with E-state index in [2.05, 4.69) is 0 Å². The molecule has 0 spiro atoms. The molecule has 2 nitrogen and oxygen atoms in total. The molecule has 1 atom stereocenters. The number of rotatable bonds is 4. The molecule has 1 N–H and O–H groups in total. The Hall–Kier alpha value is -1.51. The van der Waals surface area contributed by atoms with Crippen LogP contribution >= 0.6 is 11.6 Å². The van der Waals surface area contributed by atoms with Gasteiger partial charge < -0.3 is 9.84 Å². The van der Waals surface area contributed by atoms with Crippen LogP contribution in [0.5, 0.6) is 11.5 Å². The average Bonchev–Trinajstić information content (AvgIpc) is 2.41. The van der Waals surface area contributed by atoms with Crippen LogP contribution in [-0.2, 0) is 0 Å². The average molecular weight is 277 g/mol. The van der Waals surface area contributed by atoms with E-state index in [0.29, 0.717) is 22.9 Å². The molecule has 0 aromatic heterocycles. The van der Waals surface area contributed by atoms with Crippen LogP contribution in [0.25, 0.3) is 0 Å². The van der Waals surface area contributed by atoms with Gasteiger partial charge >= 0.3 is 0 Å². The van der Waals surface area contributed by atoms with Gasteiger partial charge in [-0.25, -0.2) is 0 Å². The fourth-order valence-corrected chi connectivity index (χ4v) is 2.15. The van der Waals surface area contributed by atoms with Crippen LogP contribution in [0.2, 0.25) is 5.02 Å². The van der Waals surface area contributed by atoms with E-state index >= 15 is 0 Å². The lowest BCUT2D eigenvalue weighted by molar-refractivity contribution is 0.170. The van der Waals surface area contributed by atoms with Gasteiger partial charge in [0, 0.05) is 5.56 Å². The van der Waals surface area contributed by atoms with Crippen molar-refractivity contribution in [3.8, 4) is 11.5 Å². The van der Waals surface area contributed by atoms with Crippen LogP contribution in [0, 0.1) is 6.92 Å². The Labute approximate surface area is 118 Å². The summed E-state index contributed by atoms with van der Waals surface area (Å²) < 4.78 is 5.83. The Morgan fingerprint density at radius 2 is 1.89 bits per heavy atom. The number of halogens is 1. The van der Waals surface area contributed by atoms with E-state index in [-0.39, 0.29) is 0 Å². The van der Waals surface area contributed by atoms with Crippen molar-refractivity contribution in [3.63, 3.8) is 0 Å². The topological polar surface area (TPSA) is 29.5 Å². The summed E-state index contributed by atoms with van der Waals surface area (Å²) in [4.78, 5) is 0. The largest absolute Gasteiger partial charge is 0.455 e. The second-order valence-electron chi connectivity index (χ2n) is 4.50. The highest BCUT2D eigenvalue weighted by molar-refractivity contribution is 6.32. The zero-order chi connectivity index (χ0) is 13.8. The molecule has 2 rings (SSSR count). The molecule has 0 bridgehead atoms. The molecule has 2 aromatic rings. The van der Waals surface area contributed by atoms with Gasteiger partial charge in [-0.3, -0.25) is 0 Å². The highest BCUT2D eigenvalue weighted by atomic mass is 35.5. The normalized spacial score (nSPS) is 12.2. The van der Waals surface area contributed by atoms with E-state index in [1.165, 1.54) is 0 Å². The van der Waals surface area contributed by atoms with Crippen molar-refractivity contribution in [1.29, 1.82) is 0 Å². The predicted molar refractivity (Wildman–Crippen MR) is 78.0 cm³/mol. The molecule has 0 radical (unpaired) electrons. The molecular weight excluding hydrogens is 260 g/mol. The summed E-state index contributed by atoms with van der Waals surface area (Å²) in [6.45, 7) is 3.91. The smallest absolute Gasteiger partial charge is 0.146 e. The van der Waals surface area contributed by atoms with E-state index in [4.69, 9.17) is 16.3 Å². The lowest BCUT2D eigenvalue weighted by Gasteiger charge is -2.15. The number of para-hydroxylation sites is 1. The maximum atomic E-state index is 9.99. The first-order valence-electron chi connectivity index (χ1n) is 6.32. The van der Waals surface area contributed by atoms with Gasteiger partial charge in [0.1, 0.15) is 11.5 Å². The standard InChI is InChI=1S/C16H17ClO2/c1-3-14(18)12-6-4-5-7-15(12)19-16-9-8-11(2)10-13(16)17/h4-10,14,18H,3H2,1-2H3. The van der Waals surface area contributed by atoms with Crippen molar-refractivity contribution in [1.82, 2.24) is 0 Å². The van der Waals surface area contributed by atoms with E-state index < -0.39 is 6.10 Å².